The second-order valence-corrected chi connectivity index (χ2v) is 5.64. The van der Waals surface area contributed by atoms with E-state index in [4.69, 9.17) is 9.57 Å². The third-order valence-electron chi connectivity index (χ3n) is 3.53. The van der Waals surface area contributed by atoms with Crippen LogP contribution in [0.5, 0.6) is 0 Å². The molecule has 0 fully saturated rings. The van der Waals surface area contributed by atoms with Gasteiger partial charge in [0.2, 0.25) is 0 Å². The summed E-state index contributed by atoms with van der Waals surface area (Å²) < 4.78 is 5.49. The predicted molar refractivity (Wildman–Crippen MR) is 86.7 cm³/mol. The molecule has 1 amide bonds. The van der Waals surface area contributed by atoms with Crippen molar-refractivity contribution in [2.45, 2.75) is 46.6 Å². The zero-order chi connectivity index (χ0) is 16.4. The van der Waals surface area contributed by atoms with E-state index in [0.29, 0.717) is 5.92 Å². The van der Waals surface area contributed by atoms with E-state index in [0.717, 1.165) is 18.4 Å². The number of rotatable bonds is 9. The van der Waals surface area contributed by atoms with Crippen LogP contribution in [-0.4, -0.2) is 38.3 Å². The molecule has 0 aliphatic rings. The van der Waals surface area contributed by atoms with Crippen molar-refractivity contribution in [3.8, 4) is 0 Å². The Bertz CT molecular complexity index is 361. The smallest absolute Gasteiger partial charge is 0.255 e. The standard InChI is InChI=1S/C17H31NO3/c1-8-10-15(20-6)16(17(19)18(5)21-7)14(4)12-9-11-13(2)3/h8,10,12-13,15-16H,9,11H2,1-7H3/b10-8+,14-12+/t15-,16?/m1/s1. The zero-order valence-electron chi connectivity index (χ0n) is 14.6. The van der Waals surface area contributed by atoms with Gasteiger partial charge in [-0.15, -0.1) is 0 Å². The molecule has 0 aromatic rings. The van der Waals surface area contributed by atoms with E-state index in [1.54, 1.807) is 14.2 Å². The highest BCUT2D eigenvalue weighted by Crippen LogP contribution is 2.22. The van der Waals surface area contributed by atoms with Crippen LogP contribution in [0.2, 0.25) is 0 Å². The Balaban J connectivity index is 5.23. The molecule has 0 rings (SSSR count). The van der Waals surface area contributed by atoms with E-state index < -0.39 is 0 Å². The van der Waals surface area contributed by atoms with Crippen molar-refractivity contribution in [2.75, 3.05) is 21.3 Å². The molecule has 0 saturated heterocycles. The minimum absolute atomic E-state index is 0.0965. The van der Waals surface area contributed by atoms with Crippen LogP contribution in [0, 0.1) is 11.8 Å². The minimum atomic E-state index is -0.358. The Morgan fingerprint density at radius 1 is 1.29 bits per heavy atom. The summed E-state index contributed by atoms with van der Waals surface area (Å²) in [5.41, 5.74) is 1.02. The van der Waals surface area contributed by atoms with Gasteiger partial charge in [0.15, 0.2) is 0 Å². The van der Waals surface area contributed by atoms with Gasteiger partial charge in [0.05, 0.1) is 19.1 Å². The first-order chi connectivity index (χ1) is 9.88. The number of carbonyl (C=O) groups is 1. The molecule has 122 valence electrons. The zero-order valence-corrected chi connectivity index (χ0v) is 14.6. The fourth-order valence-corrected chi connectivity index (χ4v) is 2.17. The van der Waals surface area contributed by atoms with Gasteiger partial charge >= 0.3 is 0 Å². The van der Waals surface area contributed by atoms with Gasteiger partial charge < -0.3 is 4.74 Å². The second kappa shape index (κ2) is 10.6. The topological polar surface area (TPSA) is 38.8 Å². The van der Waals surface area contributed by atoms with Crippen LogP contribution in [0.4, 0.5) is 0 Å². The van der Waals surface area contributed by atoms with Gasteiger partial charge in [0, 0.05) is 14.2 Å². The summed E-state index contributed by atoms with van der Waals surface area (Å²) in [5.74, 6) is 0.197. The number of methoxy groups -OCH3 is 1. The molecular formula is C17H31NO3. The predicted octanol–water partition coefficient (Wildman–Crippen LogP) is 3.60. The summed E-state index contributed by atoms with van der Waals surface area (Å²) in [6.07, 6.45) is 7.75. The summed E-state index contributed by atoms with van der Waals surface area (Å²) >= 11 is 0. The summed E-state index contributed by atoms with van der Waals surface area (Å²) in [5, 5.41) is 1.26. The fraction of sp³-hybridized carbons (Fsp3) is 0.706. The van der Waals surface area contributed by atoms with E-state index in [1.165, 1.54) is 12.2 Å². The van der Waals surface area contributed by atoms with Gasteiger partial charge in [0.25, 0.3) is 5.91 Å². The Labute approximate surface area is 129 Å². The average Bonchev–Trinajstić information content (AvgIpc) is 2.45. The van der Waals surface area contributed by atoms with Gasteiger partial charge in [-0.3, -0.25) is 9.63 Å². The Kier molecular flexibility index (Phi) is 10.0. The van der Waals surface area contributed by atoms with Crippen molar-refractivity contribution in [1.82, 2.24) is 5.06 Å². The van der Waals surface area contributed by atoms with Crippen LogP contribution in [0.1, 0.15) is 40.5 Å². The van der Waals surface area contributed by atoms with Crippen molar-refractivity contribution < 1.29 is 14.4 Å². The van der Waals surface area contributed by atoms with Crippen LogP contribution in [0.25, 0.3) is 0 Å². The number of carbonyl (C=O) groups excluding carboxylic acids is 1. The first kappa shape index (κ1) is 19.9. The number of hydrogen-bond donors (Lipinski definition) is 0. The van der Waals surface area contributed by atoms with Crippen molar-refractivity contribution in [1.29, 1.82) is 0 Å². The van der Waals surface area contributed by atoms with E-state index in [2.05, 4.69) is 19.9 Å². The maximum Gasteiger partial charge on any atom is 0.255 e. The van der Waals surface area contributed by atoms with Crippen LogP contribution >= 0.6 is 0 Å². The lowest BCUT2D eigenvalue weighted by atomic mass is 9.91. The largest absolute Gasteiger partial charge is 0.376 e. The molecule has 0 spiro atoms. The lowest BCUT2D eigenvalue weighted by Crippen LogP contribution is -2.39. The van der Waals surface area contributed by atoms with Crippen molar-refractivity contribution in [3.05, 3.63) is 23.8 Å². The number of nitrogens with zero attached hydrogens (tertiary/aromatic N) is 1. The first-order valence-electron chi connectivity index (χ1n) is 7.52. The molecule has 4 heteroatoms. The number of amides is 1. The minimum Gasteiger partial charge on any atom is -0.376 e. The lowest BCUT2D eigenvalue weighted by molar-refractivity contribution is -0.174. The lowest BCUT2D eigenvalue weighted by Gasteiger charge is -2.27. The van der Waals surface area contributed by atoms with E-state index in [9.17, 15) is 4.79 Å². The highest BCUT2D eigenvalue weighted by molar-refractivity contribution is 5.81. The van der Waals surface area contributed by atoms with Gasteiger partial charge in [0.1, 0.15) is 0 Å². The van der Waals surface area contributed by atoms with Crippen molar-refractivity contribution >= 4 is 5.91 Å². The van der Waals surface area contributed by atoms with Crippen LogP contribution in [0.3, 0.4) is 0 Å². The average molecular weight is 297 g/mol. The van der Waals surface area contributed by atoms with E-state index >= 15 is 0 Å². The number of allylic oxidation sites excluding steroid dienone is 2. The first-order valence-corrected chi connectivity index (χ1v) is 7.52. The van der Waals surface area contributed by atoms with Gasteiger partial charge in [-0.2, -0.15) is 0 Å². The third kappa shape index (κ3) is 6.91. The molecule has 0 heterocycles. The van der Waals surface area contributed by atoms with Crippen LogP contribution < -0.4 is 0 Å². The van der Waals surface area contributed by atoms with Crippen molar-refractivity contribution in [2.24, 2.45) is 11.8 Å². The molecule has 0 aromatic heterocycles. The van der Waals surface area contributed by atoms with Crippen molar-refractivity contribution in [3.63, 3.8) is 0 Å². The molecular weight excluding hydrogens is 266 g/mol. The Morgan fingerprint density at radius 3 is 2.33 bits per heavy atom. The van der Waals surface area contributed by atoms with Crippen LogP contribution in [-0.2, 0) is 14.4 Å². The number of hydroxylamine groups is 2. The Hall–Kier alpha value is -1.13. The summed E-state index contributed by atoms with van der Waals surface area (Å²) in [6, 6.07) is 0. The third-order valence-corrected chi connectivity index (χ3v) is 3.53. The molecule has 4 nitrogen and oxygen atoms in total. The number of ether oxygens (including phenoxy) is 1. The van der Waals surface area contributed by atoms with Gasteiger partial charge in [-0.25, -0.2) is 5.06 Å². The molecule has 0 bridgehead atoms. The molecule has 0 radical (unpaired) electrons. The molecule has 0 aliphatic heterocycles. The normalized spacial score (nSPS) is 15.5. The van der Waals surface area contributed by atoms with E-state index in [1.807, 2.05) is 26.0 Å². The molecule has 0 N–H and O–H groups in total. The maximum atomic E-state index is 12.5. The van der Waals surface area contributed by atoms with Gasteiger partial charge in [-0.1, -0.05) is 37.6 Å². The SMILES string of the molecule is C/C=C/[C@@H](OC)C(C(=O)N(C)OC)/C(C)=C/CCC(C)C. The molecule has 21 heavy (non-hydrogen) atoms. The van der Waals surface area contributed by atoms with Crippen LogP contribution in [0.15, 0.2) is 23.8 Å². The summed E-state index contributed by atoms with van der Waals surface area (Å²) in [6.45, 7) is 8.30. The summed E-state index contributed by atoms with van der Waals surface area (Å²) in [4.78, 5) is 17.6. The fourth-order valence-electron chi connectivity index (χ4n) is 2.17. The quantitative estimate of drug-likeness (QED) is 0.482. The highest BCUT2D eigenvalue weighted by atomic mass is 16.7. The summed E-state index contributed by atoms with van der Waals surface area (Å²) in [7, 11) is 4.74. The second-order valence-electron chi connectivity index (χ2n) is 5.64. The molecule has 0 saturated carbocycles. The molecule has 2 atom stereocenters. The Morgan fingerprint density at radius 2 is 1.90 bits per heavy atom. The maximum absolute atomic E-state index is 12.5. The molecule has 0 aromatic carbocycles. The molecule has 1 unspecified atom stereocenters. The number of hydrogen-bond acceptors (Lipinski definition) is 3. The highest BCUT2D eigenvalue weighted by Gasteiger charge is 2.30. The van der Waals surface area contributed by atoms with Gasteiger partial charge in [-0.05, 0) is 32.6 Å². The monoisotopic (exact) mass is 297 g/mol. The molecule has 0 aliphatic carbocycles. The van der Waals surface area contributed by atoms with E-state index in [-0.39, 0.29) is 17.9 Å².